The lowest BCUT2D eigenvalue weighted by Gasteiger charge is -2.31. The third kappa shape index (κ3) is 3.16. The number of aliphatic hydroxyl groups is 1. The van der Waals surface area contributed by atoms with Gasteiger partial charge in [0.2, 0.25) is 0 Å². The smallest absolute Gasteiger partial charge is 0.141 e. The molecule has 0 saturated carbocycles. The summed E-state index contributed by atoms with van der Waals surface area (Å²) in [6.45, 7) is 5.27. The first-order valence-electron chi connectivity index (χ1n) is 4.90. The van der Waals surface area contributed by atoms with Crippen molar-refractivity contribution in [3.63, 3.8) is 0 Å². The average Bonchev–Trinajstić information content (AvgIpc) is 2.65. The van der Waals surface area contributed by atoms with Crippen molar-refractivity contribution in [3.8, 4) is 0 Å². The van der Waals surface area contributed by atoms with E-state index in [4.69, 9.17) is 7.85 Å². The van der Waals surface area contributed by atoms with Gasteiger partial charge in [0, 0.05) is 13.1 Å². The van der Waals surface area contributed by atoms with Gasteiger partial charge in [-0.2, -0.15) is 0 Å². The van der Waals surface area contributed by atoms with Gasteiger partial charge in [0.1, 0.15) is 7.85 Å². The molecule has 1 aliphatic rings. The molecule has 0 bridgehead atoms. The number of allylic oxidation sites excluding steroid dienone is 4. The van der Waals surface area contributed by atoms with Crippen molar-refractivity contribution >= 4 is 7.85 Å². The van der Waals surface area contributed by atoms with Gasteiger partial charge in [-0.3, -0.25) is 4.90 Å². The van der Waals surface area contributed by atoms with Crippen LogP contribution in [0.3, 0.4) is 0 Å². The molecule has 1 unspecified atom stereocenters. The molecule has 14 heavy (non-hydrogen) atoms. The molecule has 0 aliphatic carbocycles. The molecule has 0 amide bonds. The Labute approximate surface area is 87.0 Å². The molecule has 1 saturated heterocycles. The topological polar surface area (TPSA) is 23.5 Å². The highest BCUT2D eigenvalue weighted by Gasteiger charge is 2.27. The SMILES string of the molecule is [B]C(O)(/C=C/C=C\C=C)N1CCCC1. The summed E-state index contributed by atoms with van der Waals surface area (Å²) in [5, 5.41) is 9.87. The van der Waals surface area contributed by atoms with Crippen molar-refractivity contribution in [2.75, 3.05) is 13.1 Å². The summed E-state index contributed by atoms with van der Waals surface area (Å²) in [5.41, 5.74) is -1.30. The van der Waals surface area contributed by atoms with E-state index >= 15 is 0 Å². The molecular formula is C11H16BNO. The number of rotatable bonds is 4. The van der Waals surface area contributed by atoms with Crippen LogP contribution in [0.4, 0.5) is 0 Å². The van der Waals surface area contributed by atoms with Crippen LogP contribution in [0, 0.1) is 0 Å². The zero-order valence-corrected chi connectivity index (χ0v) is 8.39. The molecule has 1 heterocycles. The van der Waals surface area contributed by atoms with Crippen molar-refractivity contribution in [1.82, 2.24) is 4.90 Å². The summed E-state index contributed by atoms with van der Waals surface area (Å²) in [6, 6.07) is 0. The molecule has 1 aliphatic heterocycles. The number of hydrogen-bond donors (Lipinski definition) is 1. The third-order valence-electron chi connectivity index (χ3n) is 2.31. The Balaban J connectivity index is 2.50. The molecule has 1 atom stereocenters. The van der Waals surface area contributed by atoms with Crippen molar-refractivity contribution < 1.29 is 5.11 Å². The van der Waals surface area contributed by atoms with Crippen LogP contribution in [0.15, 0.2) is 37.0 Å². The zero-order chi connectivity index (χ0) is 10.4. The Morgan fingerprint density at radius 2 is 1.86 bits per heavy atom. The Morgan fingerprint density at radius 3 is 2.43 bits per heavy atom. The van der Waals surface area contributed by atoms with Gasteiger partial charge >= 0.3 is 0 Å². The van der Waals surface area contributed by atoms with Gasteiger partial charge in [0.05, 0.1) is 5.62 Å². The quantitative estimate of drug-likeness (QED) is 0.530. The number of nitrogens with zero attached hydrogens (tertiary/aromatic N) is 1. The predicted octanol–water partition coefficient (Wildman–Crippen LogP) is 1.20. The Hall–Kier alpha value is -0.795. The summed E-state index contributed by atoms with van der Waals surface area (Å²) >= 11 is 0. The van der Waals surface area contributed by atoms with Crippen molar-refractivity contribution in [2.45, 2.75) is 18.5 Å². The van der Waals surface area contributed by atoms with E-state index < -0.39 is 5.62 Å². The number of hydrogen-bond acceptors (Lipinski definition) is 2. The van der Waals surface area contributed by atoms with Crippen LogP contribution in [0.1, 0.15) is 12.8 Å². The fourth-order valence-corrected chi connectivity index (χ4v) is 1.52. The van der Waals surface area contributed by atoms with Gasteiger partial charge in [-0.25, -0.2) is 0 Å². The van der Waals surface area contributed by atoms with Crippen LogP contribution in [0.25, 0.3) is 0 Å². The first-order chi connectivity index (χ1) is 6.67. The first kappa shape index (κ1) is 11.3. The Kier molecular flexibility index (Phi) is 4.17. The monoisotopic (exact) mass is 189 g/mol. The van der Waals surface area contributed by atoms with Crippen molar-refractivity contribution in [2.24, 2.45) is 0 Å². The summed E-state index contributed by atoms with van der Waals surface area (Å²) in [5.74, 6) is 0. The van der Waals surface area contributed by atoms with E-state index in [1.807, 2.05) is 4.90 Å². The van der Waals surface area contributed by atoms with Gasteiger partial charge in [-0.05, 0) is 18.9 Å². The molecule has 1 N–H and O–H groups in total. The summed E-state index contributed by atoms with van der Waals surface area (Å²) in [4.78, 5) is 1.87. The van der Waals surface area contributed by atoms with Crippen LogP contribution in [-0.2, 0) is 0 Å². The number of likely N-dealkylation sites (tertiary alicyclic amines) is 1. The van der Waals surface area contributed by atoms with Gasteiger partial charge in [0.15, 0.2) is 0 Å². The fraction of sp³-hybridized carbons (Fsp3) is 0.455. The summed E-state index contributed by atoms with van der Waals surface area (Å²) < 4.78 is 0. The average molecular weight is 189 g/mol. The second-order valence-electron chi connectivity index (χ2n) is 3.46. The predicted molar refractivity (Wildman–Crippen MR) is 60.0 cm³/mol. The molecule has 3 heteroatoms. The highest BCUT2D eigenvalue weighted by Crippen LogP contribution is 2.17. The Morgan fingerprint density at radius 1 is 1.21 bits per heavy atom. The minimum absolute atomic E-state index is 0.864. The molecule has 0 spiro atoms. The second kappa shape index (κ2) is 5.18. The van der Waals surface area contributed by atoms with Crippen LogP contribution >= 0.6 is 0 Å². The third-order valence-corrected chi connectivity index (χ3v) is 2.31. The summed E-state index contributed by atoms with van der Waals surface area (Å²) in [6.07, 6.45) is 10.8. The van der Waals surface area contributed by atoms with Crippen molar-refractivity contribution in [1.29, 1.82) is 0 Å². The van der Waals surface area contributed by atoms with Crippen LogP contribution in [0.2, 0.25) is 0 Å². The molecule has 1 rings (SSSR count). The van der Waals surface area contributed by atoms with E-state index in [0.29, 0.717) is 0 Å². The van der Waals surface area contributed by atoms with Gasteiger partial charge < -0.3 is 5.11 Å². The molecular weight excluding hydrogens is 173 g/mol. The maximum atomic E-state index is 9.87. The molecule has 0 aromatic rings. The molecule has 1 fully saturated rings. The van der Waals surface area contributed by atoms with E-state index in [-0.39, 0.29) is 0 Å². The summed E-state index contributed by atoms with van der Waals surface area (Å²) in [7, 11) is 5.74. The highest BCUT2D eigenvalue weighted by molar-refractivity contribution is 6.15. The minimum Gasteiger partial charge on any atom is -0.381 e. The lowest BCUT2D eigenvalue weighted by molar-refractivity contribution is 0.0196. The maximum absolute atomic E-state index is 9.87. The first-order valence-corrected chi connectivity index (χ1v) is 4.90. The second-order valence-corrected chi connectivity index (χ2v) is 3.46. The highest BCUT2D eigenvalue weighted by atomic mass is 16.3. The minimum atomic E-state index is -1.30. The Bertz CT molecular complexity index is 240. The van der Waals surface area contributed by atoms with Gasteiger partial charge in [-0.1, -0.05) is 30.9 Å². The van der Waals surface area contributed by atoms with Gasteiger partial charge in [0.25, 0.3) is 0 Å². The maximum Gasteiger partial charge on any atom is 0.141 e. The van der Waals surface area contributed by atoms with E-state index in [9.17, 15) is 5.11 Å². The van der Waals surface area contributed by atoms with E-state index in [2.05, 4.69) is 6.58 Å². The molecule has 0 aromatic heterocycles. The largest absolute Gasteiger partial charge is 0.381 e. The molecule has 2 nitrogen and oxygen atoms in total. The van der Waals surface area contributed by atoms with E-state index in [1.165, 1.54) is 0 Å². The van der Waals surface area contributed by atoms with Crippen LogP contribution in [0.5, 0.6) is 0 Å². The molecule has 2 radical (unpaired) electrons. The molecule has 74 valence electrons. The van der Waals surface area contributed by atoms with E-state index in [1.54, 1.807) is 30.4 Å². The normalized spacial score (nSPS) is 23.2. The van der Waals surface area contributed by atoms with Crippen LogP contribution in [-0.4, -0.2) is 36.6 Å². The lowest BCUT2D eigenvalue weighted by atomic mass is 9.89. The van der Waals surface area contributed by atoms with Crippen molar-refractivity contribution in [3.05, 3.63) is 37.0 Å². The standard InChI is InChI=1S/C11H16BNO/c1-2-3-4-5-8-11(12,14)13-9-6-7-10-13/h2-5,8,14H,1,6-7,9-10H2/b4-3-,8-5+. The fourth-order valence-electron chi connectivity index (χ4n) is 1.52. The zero-order valence-electron chi connectivity index (χ0n) is 8.39. The van der Waals surface area contributed by atoms with Gasteiger partial charge in [-0.15, -0.1) is 0 Å². The van der Waals surface area contributed by atoms with Crippen LogP contribution < -0.4 is 0 Å². The van der Waals surface area contributed by atoms with E-state index in [0.717, 1.165) is 25.9 Å². The molecule has 0 aromatic carbocycles. The lowest BCUT2D eigenvalue weighted by Crippen LogP contribution is -2.46.